The van der Waals surface area contributed by atoms with Crippen LogP contribution >= 0.6 is 11.6 Å². The molecule has 2 aromatic rings. The number of nitrogens with zero attached hydrogens (tertiary/aromatic N) is 1. The molecule has 0 heterocycles. The predicted octanol–water partition coefficient (Wildman–Crippen LogP) is 2.36. The van der Waals surface area contributed by atoms with Crippen LogP contribution in [-0.2, 0) is 9.53 Å². The van der Waals surface area contributed by atoms with Crippen molar-refractivity contribution in [1.82, 2.24) is 5.32 Å². The molecule has 0 bridgehead atoms. The van der Waals surface area contributed by atoms with Gasteiger partial charge in [-0.3, -0.25) is 25.0 Å². The van der Waals surface area contributed by atoms with E-state index >= 15 is 0 Å². The maximum absolute atomic E-state index is 11.8. The zero-order chi connectivity index (χ0) is 18.4. The van der Waals surface area contributed by atoms with E-state index in [1.165, 1.54) is 24.3 Å². The Hall–Kier alpha value is -3.26. The molecular formula is C16H11ClN2O6. The number of esters is 1. The van der Waals surface area contributed by atoms with E-state index in [2.05, 4.69) is 5.32 Å². The van der Waals surface area contributed by atoms with Gasteiger partial charge in [-0.25, -0.2) is 4.79 Å². The van der Waals surface area contributed by atoms with Gasteiger partial charge in [0.2, 0.25) is 0 Å². The number of benzene rings is 2. The summed E-state index contributed by atoms with van der Waals surface area (Å²) in [5.74, 6) is -2.42. The summed E-state index contributed by atoms with van der Waals surface area (Å²) in [5.41, 5.74) is -0.325. The van der Waals surface area contributed by atoms with Gasteiger partial charge in [-0.15, -0.1) is 0 Å². The zero-order valence-corrected chi connectivity index (χ0v) is 13.4. The van der Waals surface area contributed by atoms with Crippen LogP contribution in [0.5, 0.6) is 0 Å². The summed E-state index contributed by atoms with van der Waals surface area (Å²) in [4.78, 5) is 45.3. The average molecular weight is 363 g/mol. The van der Waals surface area contributed by atoms with Crippen molar-refractivity contribution in [3.8, 4) is 0 Å². The molecule has 128 valence electrons. The van der Waals surface area contributed by atoms with Gasteiger partial charge in [0.15, 0.2) is 6.61 Å². The molecule has 25 heavy (non-hydrogen) atoms. The van der Waals surface area contributed by atoms with Gasteiger partial charge in [-0.1, -0.05) is 29.8 Å². The standard InChI is InChI=1S/C16H11ClN2O6/c17-12-7-6-11(8-13(12)19(23)24)16(22)25-9-14(20)18-15(21)10-4-2-1-3-5-10/h1-8H,9H2,(H,18,20,21). The number of nitro benzene ring substituents is 1. The highest BCUT2D eigenvalue weighted by atomic mass is 35.5. The molecule has 2 amide bonds. The van der Waals surface area contributed by atoms with Gasteiger partial charge in [0, 0.05) is 11.6 Å². The van der Waals surface area contributed by atoms with Gasteiger partial charge in [0.25, 0.3) is 17.5 Å². The summed E-state index contributed by atoms with van der Waals surface area (Å²) in [6.45, 7) is -0.714. The minimum Gasteiger partial charge on any atom is -0.452 e. The number of hydrogen-bond donors (Lipinski definition) is 1. The highest BCUT2D eigenvalue weighted by Gasteiger charge is 2.18. The molecule has 1 N–H and O–H groups in total. The van der Waals surface area contributed by atoms with Crippen molar-refractivity contribution in [2.45, 2.75) is 0 Å². The predicted molar refractivity (Wildman–Crippen MR) is 87.3 cm³/mol. The number of ether oxygens (including phenoxy) is 1. The Morgan fingerprint density at radius 1 is 1.08 bits per heavy atom. The third kappa shape index (κ3) is 4.85. The van der Waals surface area contributed by atoms with Crippen LogP contribution in [0.4, 0.5) is 5.69 Å². The second-order valence-corrected chi connectivity index (χ2v) is 5.15. The molecule has 0 spiro atoms. The lowest BCUT2D eigenvalue weighted by Crippen LogP contribution is -2.34. The minimum absolute atomic E-state index is 0.132. The molecule has 0 radical (unpaired) electrons. The van der Waals surface area contributed by atoms with Crippen LogP contribution in [0.15, 0.2) is 48.5 Å². The van der Waals surface area contributed by atoms with Crippen LogP contribution in [0.2, 0.25) is 5.02 Å². The lowest BCUT2D eigenvalue weighted by molar-refractivity contribution is -0.384. The molecule has 2 aromatic carbocycles. The number of carbonyl (C=O) groups excluding carboxylic acids is 3. The summed E-state index contributed by atoms with van der Waals surface area (Å²) in [5, 5.41) is 12.7. The average Bonchev–Trinajstić information content (AvgIpc) is 2.60. The van der Waals surface area contributed by atoms with E-state index in [1.807, 2.05) is 0 Å². The van der Waals surface area contributed by atoms with Crippen molar-refractivity contribution in [1.29, 1.82) is 0 Å². The lowest BCUT2D eigenvalue weighted by atomic mass is 10.2. The molecule has 0 atom stereocenters. The van der Waals surface area contributed by atoms with Crippen molar-refractivity contribution in [2.75, 3.05) is 6.61 Å². The molecule has 0 aliphatic heterocycles. The fraction of sp³-hybridized carbons (Fsp3) is 0.0625. The van der Waals surface area contributed by atoms with E-state index < -0.39 is 35.0 Å². The Kier molecular flexibility index (Phi) is 5.80. The van der Waals surface area contributed by atoms with Gasteiger partial charge in [-0.05, 0) is 24.3 Å². The van der Waals surface area contributed by atoms with E-state index in [0.29, 0.717) is 0 Å². The van der Waals surface area contributed by atoms with Crippen molar-refractivity contribution >= 4 is 35.1 Å². The smallest absolute Gasteiger partial charge is 0.338 e. The summed E-state index contributed by atoms with van der Waals surface area (Å²) in [6.07, 6.45) is 0. The lowest BCUT2D eigenvalue weighted by Gasteiger charge is -2.06. The van der Waals surface area contributed by atoms with E-state index in [1.54, 1.807) is 18.2 Å². The number of hydrogen-bond acceptors (Lipinski definition) is 6. The number of amides is 2. The molecule has 8 nitrogen and oxygen atoms in total. The maximum Gasteiger partial charge on any atom is 0.338 e. The Morgan fingerprint density at radius 2 is 1.76 bits per heavy atom. The molecule has 0 aliphatic rings. The van der Waals surface area contributed by atoms with Gasteiger partial charge < -0.3 is 4.74 Å². The number of nitrogens with one attached hydrogen (secondary N) is 1. The number of nitro groups is 1. The van der Waals surface area contributed by atoms with Gasteiger partial charge >= 0.3 is 5.97 Å². The van der Waals surface area contributed by atoms with Crippen molar-refractivity contribution in [2.24, 2.45) is 0 Å². The quantitative estimate of drug-likeness (QED) is 0.496. The van der Waals surface area contributed by atoms with Crippen molar-refractivity contribution in [3.05, 3.63) is 74.8 Å². The fourth-order valence-electron chi connectivity index (χ4n) is 1.82. The molecule has 0 aliphatic carbocycles. The van der Waals surface area contributed by atoms with E-state index in [-0.39, 0.29) is 16.1 Å². The second-order valence-electron chi connectivity index (χ2n) is 4.74. The van der Waals surface area contributed by atoms with E-state index in [4.69, 9.17) is 16.3 Å². The van der Waals surface area contributed by atoms with Crippen molar-refractivity contribution < 1.29 is 24.0 Å². The fourth-order valence-corrected chi connectivity index (χ4v) is 2.00. The summed E-state index contributed by atoms with van der Waals surface area (Å²) >= 11 is 5.64. The van der Waals surface area contributed by atoms with E-state index in [9.17, 15) is 24.5 Å². The molecule has 0 aromatic heterocycles. The first-order valence-corrected chi connectivity index (χ1v) is 7.26. The molecule has 0 saturated heterocycles. The van der Waals surface area contributed by atoms with E-state index in [0.717, 1.165) is 6.07 Å². The molecule has 2 rings (SSSR count). The Morgan fingerprint density at radius 3 is 2.40 bits per heavy atom. The molecule has 0 saturated carbocycles. The van der Waals surface area contributed by atoms with Gasteiger partial charge in [0.05, 0.1) is 10.5 Å². The maximum atomic E-state index is 11.8. The topological polar surface area (TPSA) is 116 Å². The first-order valence-electron chi connectivity index (χ1n) is 6.89. The van der Waals surface area contributed by atoms with Crippen LogP contribution < -0.4 is 5.32 Å². The molecule has 0 fully saturated rings. The molecule has 9 heteroatoms. The number of halogens is 1. The Bertz CT molecular complexity index is 838. The second kappa shape index (κ2) is 8.02. The van der Waals surface area contributed by atoms with Crippen LogP contribution in [0.3, 0.4) is 0 Å². The highest BCUT2D eigenvalue weighted by molar-refractivity contribution is 6.32. The monoisotopic (exact) mass is 362 g/mol. The number of imide groups is 1. The molecule has 0 unspecified atom stereocenters. The summed E-state index contributed by atoms with van der Waals surface area (Å²) in [6, 6.07) is 11.4. The van der Waals surface area contributed by atoms with Crippen molar-refractivity contribution in [3.63, 3.8) is 0 Å². The summed E-state index contributed by atoms with van der Waals surface area (Å²) in [7, 11) is 0. The van der Waals surface area contributed by atoms with Crippen LogP contribution in [-0.4, -0.2) is 29.3 Å². The van der Waals surface area contributed by atoms with Crippen LogP contribution in [0, 0.1) is 10.1 Å². The first-order chi connectivity index (χ1) is 11.9. The molecular weight excluding hydrogens is 352 g/mol. The highest BCUT2D eigenvalue weighted by Crippen LogP contribution is 2.25. The van der Waals surface area contributed by atoms with Gasteiger partial charge in [0.1, 0.15) is 5.02 Å². The van der Waals surface area contributed by atoms with Crippen LogP contribution in [0.1, 0.15) is 20.7 Å². The first kappa shape index (κ1) is 18.1. The number of carbonyl (C=O) groups is 3. The summed E-state index contributed by atoms with van der Waals surface area (Å²) < 4.78 is 4.73. The minimum atomic E-state index is -0.956. The largest absolute Gasteiger partial charge is 0.452 e. The van der Waals surface area contributed by atoms with Crippen LogP contribution in [0.25, 0.3) is 0 Å². The normalized spacial score (nSPS) is 9.96. The Labute approximate surface area is 146 Å². The third-order valence-corrected chi connectivity index (χ3v) is 3.32. The SMILES string of the molecule is O=C(COC(=O)c1ccc(Cl)c([N+](=O)[O-])c1)NC(=O)c1ccccc1. The third-order valence-electron chi connectivity index (χ3n) is 3.00. The number of rotatable bonds is 5. The Balaban J connectivity index is 1.93. The van der Waals surface area contributed by atoms with Gasteiger partial charge in [-0.2, -0.15) is 0 Å². The zero-order valence-electron chi connectivity index (χ0n) is 12.6.